The van der Waals surface area contributed by atoms with E-state index in [9.17, 15) is 19.5 Å². The third kappa shape index (κ3) is 13.3. The topological polar surface area (TPSA) is 127 Å². The highest BCUT2D eigenvalue weighted by Gasteiger charge is 2.32. The van der Waals surface area contributed by atoms with Gasteiger partial charge in [-0.3, -0.25) is 0 Å². The van der Waals surface area contributed by atoms with E-state index in [-0.39, 0.29) is 52.9 Å². The van der Waals surface area contributed by atoms with Crippen LogP contribution in [0.5, 0.6) is 0 Å². The van der Waals surface area contributed by atoms with E-state index in [0.29, 0.717) is 0 Å². The molecule has 0 saturated carbocycles. The average molecular weight is 416 g/mol. The molecule has 0 atom stereocenters. The molecule has 0 heterocycles. The molecule has 0 rings (SSSR count). The highest BCUT2D eigenvalue weighted by atomic mass is 16.6. The number of aliphatic hydroxyl groups is 1. The van der Waals surface area contributed by atoms with Gasteiger partial charge in [0.2, 0.25) is 0 Å². The first-order valence-electron chi connectivity index (χ1n) is 8.71. The van der Waals surface area contributed by atoms with Crippen molar-refractivity contribution < 1.29 is 47.9 Å². The number of esters is 3. The molecule has 0 aliphatic heterocycles. The Balaban J connectivity index is 4.53. The number of aliphatic hydroxyl groups excluding tert-OH is 1. The third-order valence-corrected chi connectivity index (χ3v) is 3.20. The lowest BCUT2D eigenvalue weighted by Crippen LogP contribution is -2.47. The second-order valence-corrected chi connectivity index (χ2v) is 5.41. The molecule has 29 heavy (non-hydrogen) atoms. The van der Waals surface area contributed by atoms with Crippen molar-refractivity contribution in [2.45, 2.75) is 5.60 Å². The van der Waals surface area contributed by atoms with Gasteiger partial charge >= 0.3 is 17.9 Å². The Labute approximate surface area is 169 Å². The molecule has 10 heteroatoms. The van der Waals surface area contributed by atoms with Gasteiger partial charge < -0.3 is 33.5 Å². The number of hydrogen-bond donors (Lipinski definition) is 1. The quantitative estimate of drug-likeness (QED) is 0.141. The van der Waals surface area contributed by atoms with Crippen LogP contribution in [-0.2, 0) is 42.8 Å². The van der Waals surface area contributed by atoms with E-state index in [4.69, 9.17) is 28.4 Å². The predicted molar refractivity (Wildman–Crippen MR) is 101 cm³/mol. The summed E-state index contributed by atoms with van der Waals surface area (Å²) in [4.78, 5) is 33.0. The summed E-state index contributed by atoms with van der Waals surface area (Å²) in [7, 11) is 0. The molecule has 0 aliphatic rings. The molecular formula is C19H28O10. The van der Waals surface area contributed by atoms with Crippen molar-refractivity contribution in [2.75, 3.05) is 59.5 Å². The Morgan fingerprint density at radius 3 is 1.41 bits per heavy atom. The molecule has 0 spiro atoms. The third-order valence-electron chi connectivity index (χ3n) is 3.20. The maximum atomic E-state index is 11.1. The molecule has 0 aromatic rings. The molecule has 10 nitrogen and oxygen atoms in total. The molecule has 0 amide bonds. The summed E-state index contributed by atoms with van der Waals surface area (Å²) < 4.78 is 30.8. The highest BCUT2D eigenvalue weighted by molar-refractivity contribution is 5.81. The Morgan fingerprint density at radius 1 is 0.690 bits per heavy atom. The lowest BCUT2D eigenvalue weighted by atomic mass is 10.1. The van der Waals surface area contributed by atoms with Crippen molar-refractivity contribution in [3.63, 3.8) is 0 Å². The maximum Gasteiger partial charge on any atom is 0.330 e. The Hall–Kier alpha value is -2.53. The zero-order valence-electron chi connectivity index (χ0n) is 16.3. The second kappa shape index (κ2) is 16.4. The molecule has 0 unspecified atom stereocenters. The molecule has 0 aliphatic carbocycles. The van der Waals surface area contributed by atoms with Gasteiger partial charge in [-0.2, -0.15) is 0 Å². The first-order chi connectivity index (χ1) is 13.9. The SMILES string of the molecule is C=CC(=O)OCCOCC(CO)(COCCOC(=O)C=C)OCCOC(=O)C=C. The largest absolute Gasteiger partial charge is 0.460 e. The fraction of sp³-hybridized carbons (Fsp3) is 0.526. The van der Waals surface area contributed by atoms with Gasteiger partial charge in [0.25, 0.3) is 0 Å². The van der Waals surface area contributed by atoms with Crippen LogP contribution in [0.2, 0.25) is 0 Å². The van der Waals surface area contributed by atoms with Crippen LogP contribution in [0.25, 0.3) is 0 Å². The van der Waals surface area contributed by atoms with Crippen molar-refractivity contribution in [1.82, 2.24) is 0 Å². The number of carbonyl (C=O) groups excluding carboxylic acids is 3. The average Bonchev–Trinajstić information content (AvgIpc) is 2.74. The van der Waals surface area contributed by atoms with E-state index >= 15 is 0 Å². The van der Waals surface area contributed by atoms with E-state index in [1.165, 1.54) is 0 Å². The van der Waals surface area contributed by atoms with Crippen LogP contribution in [0, 0.1) is 0 Å². The van der Waals surface area contributed by atoms with Crippen LogP contribution in [0.3, 0.4) is 0 Å². The summed E-state index contributed by atoms with van der Waals surface area (Å²) in [5.74, 6) is -1.77. The van der Waals surface area contributed by atoms with Crippen molar-refractivity contribution in [2.24, 2.45) is 0 Å². The molecular weight excluding hydrogens is 388 g/mol. The fourth-order valence-corrected chi connectivity index (χ4v) is 1.76. The van der Waals surface area contributed by atoms with Gasteiger partial charge in [-0.15, -0.1) is 0 Å². The van der Waals surface area contributed by atoms with E-state index in [1.807, 2.05) is 0 Å². The van der Waals surface area contributed by atoms with Crippen LogP contribution in [0.15, 0.2) is 38.0 Å². The monoisotopic (exact) mass is 416 g/mol. The summed E-state index contributed by atoms with van der Waals surface area (Å²) in [5.41, 5.74) is -1.27. The minimum Gasteiger partial charge on any atom is -0.460 e. The van der Waals surface area contributed by atoms with Gasteiger partial charge in [-0.05, 0) is 0 Å². The minimum atomic E-state index is -1.27. The number of carbonyl (C=O) groups is 3. The van der Waals surface area contributed by atoms with E-state index in [2.05, 4.69) is 19.7 Å². The summed E-state index contributed by atoms with van der Waals surface area (Å²) in [5, 5.41) is 9.79. The standard InChI is InChI=1S/C19H28O10/c1-4-16(21)26-9-7-24-14-19(13-20,29-12-11-28-18(23)6-3)15-25-8-10-27-17(22)5-2/h4-6,20H,1-3,7-15H2. The fourth-order valence-electron chi connectivity index (χ4n) is 1.76. The van der Waals surface area contributed by atoms with Gasteiger partial charge in [0.15, 0.2) is 0 Å². The van der Waals surface area contributed by atoms with E-state index in [0.717, 1.165) is 18.2 Å². The smallest absolute Gasteiger partial charge is 0.330 e. The molecule has 0 fully saturated rings. The molecule has 0 saturated heterocycles. The van der Waals surface area contributed by atoms with Crippen LogP contribution in [0.4, 0.5) is 0 Å². The van der Waals surface area contributed by atoms with E-state index in [1.54, 1.807) is 0 Å². The van der Waals surface area contributed by atoms with Gasteiger partial charge in [-0.1, -0.05) is 19.7 Å². The molecule has 0 radical (unpaired) electrons. The van der Waals surface area contributed by atoms with Crippen LogP contribution in [-0.4, -0.2) is 88.1 Å². The lowest BCUT2D eigenvalue weighted by molar-refractivity contribution is -0.172. The Morgan fingerprint density at radius 2 is 1.07 bits per heavy atom. The summed E-state index contributed by atoms with van der Waals surface area (Å²) >= 11 is 0. The van der Waals surface area contributed by atoms with Crippen molar-refractivity contribution in [3.05, 3.63) is 38.0 Å². The van der Waals surface area contributed by atoms with Crippen molar-refractivity contribution >= 4 is 17.9 Å². The van der Waals surface area contributed by atoms with E-state index < -0.39 is 30.1 Å². The van der Waals surface area contributed by atoms with Gasteiger partial charge in [0, 0.05) is 18.2 Å². The Bertz CT molecular complexity index is 513. The van der Waals surface area contributed by atoms with Crippen molar-refractivity contribution in [3.8, 4) is 0 Å². The van der Waals surface area contributed by atoms with Crippen LogP contribution >= 0.6 is 0 Å². The summed E-state index contributed by atoms with van der Waals surface area (Å²) in [6.45, 7) is 9.12. The number of ether oxygens (including phenoxy) is 6. The minimum absolute atomic E-state index is 0.0122. The van der Waals surface area contributed by atoms with Crippen molar-refractivity contribution in [1.29, 1.82) is 0 Å². The van der Waals surface area contributed by atoms with Crippen LogP contribution < -0.4 is 0 Å². The zero-order valence-corrected chi connectivity index (χ0v) is 16.3. The number of hydrogen-bond acceptors (Lipinski definition) is 10. The summed E-state index contributed by atoms with van der Waals surface area (Å²) in [6, 6.07) is 0. The first kappa shape index (κ1) is 26.5. The van der Waals surface area contributed by atoms with Gasteiger partial charge in [-0.25, -0.2) is 14.4 Å². The normalized spacial score (nSPS) is 10.7. The second-order valence-electron chi connectivity index (χ2n) is 5.41. The molecule has 0 bridgehead atoms. The molecule has 0 aromatic carbocycles. The highest BCUT2D eigenvalue weighted by Crippen LogP contribution is 2.13. The maximum absolute atomic E-state index is 11.1. The summed E-state index contributed by atoms with van der Waals surface area (Å²) in [6.07, 6.45) is 3.07. The molecule has 1 N–H and O–H groups in total. The Kier molecular flexibility index (Phi) is 15.0. The molecule has 0 aromatic heterocycles. The first-order valence-corrected chi connectivity index (χ1v) is 8.71. The number of rotatable bonds is 18. The van der Waals surface area contributed by atoms with Gasteiger partial charge in [0.1, 0.15) is 25.4 Å². The van der Waals surface area contributed by atoms with Gasteiger partial charge in [0.05, 0.1) is 39.6 Å². The zero-order chi connectivity index (χ0) is 22.0. The molecule has 164 valence electrons. The van der Waals surface area contributed by atoms with Crippen LogP contribution in [0.1, 0.15) is 0 Å². The predicted octanol–water partition coefficient (Wildman–Crippen LogP) is -0.0451. The lowest BCUT2D eigenvalue weighted by Gasteiger charge is -2.31.